The van der Waals surface area contributed by atoms with Gasteiger partial charge in [-0.3, -0.25) is 0 Å². The van der Waals surface area contributed by atoms with Gasteiger partial charge in [0.15, 0.2) is 9.84 Å². The van der Waals surface area contributed by atoms with Gasteiger partial charge in [0.2, 0.25) is 0 Å². The van der Waals surface area contributed by atoms with Crippen molar-refractivity contribution in [3.05, 3.63) is 23.3 Å². The normalized spacial score (nSPS) is 13.6. The molecule has 0 radical (unpaired) electrons. The van der Waals surface area contributed by atoms with Crippen molar-refractivity contribution in [2.75, 3.05) is 6.26 Å². The summed E-state index contributed by atoms with van der Waals surface area (Å²) < 4.78 is 22.9. The molecule has 0 saturated carbocycles. The van der Waals surface area contributed by atoms with Gasteiger partial charge < -0.3 is 5.11 Å². The van der Waals surface area contributed by atoms with E-state index in [1.165, 1.54) is 12.5 Å². The molecule has 0 aliphatic heterocycles. The molecule has 1 aromatic rings. The van der Waals surface area contributed by atoms with Crippen LogP contribution in [0.4, 0.5) is 0 Å². The Balaban J connectivity index is 3.16. The van der Waals surface area contributed by atoms with E-state index in [1.807, 2.05) is 6.92 Å². The number of hydrogen-bond acceptors (Lipinski definition) is 5. The van der Waals surface area contributed by atoms with Crippen molar-refractivity contribution >= 4 is 9.84 Å². The first-order valence-corrected chi connectivity index (χ1v) is 7.50. The van der Waals surface area contributed by atoms with Crippen LogP contribution in [0.5, 0.6) is 0 Å². The first-order chi connectivity index (χ1) is 7.90. The van der Waals surface area contributed by atoms with E-state index < -0.39 is 15.1 Å². The SMILES string of the molecule is CCCc1nc(C(C)S(C)(=O)=O)ncc1CO. The Hall–Kier alpha value is -1.01. The first-order valence-electron chi connectivity index (χ1n) is 5.54. The van der Waals surface area contributed by atoms with Gasteiger partial charge in [-0.05, 0) is 13.3 Å². The third-order valence-electron chi connectivity index (χ3n) is 2.64. The first kappa shape index (κ1) is 14.1. The van der Waals surface area contributed by atoms with Crippen LogP contribution < -0.4 is 0 Å². The van der Waals surface area contributed by atoms with Gasteiger partial charge in [0.1, 0.15) is 11.1 Å². The lowest BCUT2D eigenvalue weighted by Crippen LogP contribution is -2.13. The van der Waals surface area contributed by atoms with Gasteiger partial charge in [-0.1, -0.05) is 13.3 Å². The van der Waals surface area contributed by atoms with Crippen LogP contribution in [-0.2, 0) is 22.9 Å². The maximum Gasteiger partial charge on any atom is 0.157 e. The molecule has 0 amide bonds. The summed E-state index contributed by atoms with van der Waals surface area (Å²) in [6.07, 6.45) is 4.27. The van der Waals surface area contributed by atoms with Crippen LogP contribution in [0, 0.1) is 0 Å². The molecule has 0 bridgehead atoms. The van der Waals surface area contributed by atoms with Crippen LogP contribution >= 0.6 is 0 Å². The molecule has 96 valence electrons. The molecule has 1 unspecified atom stereocenters. The van der Waals surface area contributed by atoms with Gasteiger partial charge in [0, 0.05) is 23.7 Å². The topological polar surface area (TPSA) is 80.2 Å². The van der Waals surface area contributed by atoms with Crippen molar-refractivity contribution in [3.8, 4) is 0 Å². The lowest BCUT2D eigenvalue weighted by atomic mass is 10.1. The number of aliphatic hydroxyl groups excluding tert-OH is 1. The number of hydrogen-bond donors (Lipinski definition) is 1. The lowest BCUT2D eigenvalue weighted by molar-refractivity contribution is 0.279. The Morgan fingerprint density at radius 2 is 2.12 bits per heavy atom. The number of aliphatic hydroxyl groups is 1. The van der Waals surface area contributed by atoms with Gasteiger partial charge in [-0.15, -0.1) is 0 Å². The summed E-state index contributed by atoms with van der Waals surface area (Å²) in [7, 11) is -3.19. The van der Waals surface area contributed by atoms with Crippen LogP contribution in [0.1, 0.15) is 42.6 Å². The molecular formula is C11H18N2O3S. The average molecular weight is 258 g/mol. The predicted molar refractivity (Wildman–Crippen MR) is 65.2 cm³/mol. The highest BCUT2D eigenvalue weighted by Gasteiger charge is 2.21. The maximum atomic E-state index is 11.4. The maximum absolute atomic E-state index is 11.4. The Bertz CT molecular complexity index is 485. The number of nitrogens with zero attached hydrogens (tertiary/aromatic N) is 2. The second-order valence-electron chi connectivity index (χ2n) is 4.08. The molecule has 0 aliphatic carbocycles. The fourth-order valence-corrected chi connectivity index (χ4v) is 1.93. The molecule has 0 spiro atoms. The Labute approximate surface area is 102 Å². The number of aromatic nitrogens is 2. The van der Waals surface area contributed by atoms with Crippen LogP contribution in [-0.4, -0.2) is 29.7 Å². The summed E-state index contributed by atoms with van der Waals surface area (Å²) in [6, 6.07) is 0. The molecule has 0 aliphatic rings. The largest absolute Gasteiger partial charge is 0.392 e. The Morgan fingerprint density at radius 1 is 1.47 bits per heavy atom. The number of rotatable bonds is 5. The summed E-state index contributed by atoms with van der Waals surface area (Å²) in [4.78, 5) is 8.26. The minimum Gasteiger partial charge on any atom is -0.392 e. The van der Waals surface area contributed by atoms with Gasteiger partial charge in [-0.25, -0.2) is 18.4 Å². The van der Waals surface area contributed by atoms with Crippen LogP contribution in [0.3, 0.4) is 0 Å². The van der Waals surface area contributed by atoms with E-state index in [1.54, 1.807) is 6.92 Å². The van der Waals surface area contributed by atoms with Crippen LogP contribution in [0.2, 0.25) is 0 Å². The Kier molecular flexibility index (Phi) is 4.59. The summed E-state index contributed by atoms with van der Waals surface area (Å²) >= 11 is 0. The standard InChI is InChI=1S/C11H18N2O3S/c1-4-5-10-9(7-14)6-12-11(13-10)8(2)17(3,15)16/h6,8,14H,4-5,7H2,1-3H3. The van der Waals surface area contributed by atoms with E-state index in [0.29, 0.717) is 17.8 Å². The monoisotopic (exact) mass is 258 g/mol. The van der Waals surface area contributed by atoms with E-state index in [-0.39, 0.29) is 6.61 Å². The van der Waals surface area contributed by atoms with Crippen LogP contribution in [0.25, 0.3) is 0 Å². The highest BCUT2D eigenvalue weighted by atomic mass is 32.2. The van der Waals surface area contributed by atoms with Crippen molar-refractivity contribution in [2.24, 2.45) is 0 Å². The second kappa shape index (κ2) is 5.55. The fraction of sp³-hybridized carbons (Fsp3) is 0.636. The minimum absolute atomic E-state index is 0.122. The van der Waals surface area contributed by atoms with Gasteiger partial charge >= 0.3 is 0 Å². The third-order valence-corrected chi connectivity index (χ3v) is 4.13. The molecule has 5 nitrogen and oxygen atoms in total. The third kappa shape index (κ3) is 3.47. The van der Waals surface area contributed by atoms with Crippen LogP contribution in [0.15, 0.2) is 6.20 Å². The average Bonchev–Trinajstić information content (AvgIpc) is 2.27. The van der Waals surface area contributed by atoms with Crippen molar-refractivity contribution in [2.45, 2.75) is 38.5 Å². The van der Waals surface area contributed by atoms with Gasteiger partial charge in [-0.2, -0.15) is 0 Å². The quantitative estimate of drug-likeness (QED) is 0.853. The van der Waals surface area contributed by atoms with E-state index >= 15 is 0 Å². The Morgan fingerprint density at radius 3 is 2.59 bits per heavy atom. The number of aryl methyl sites for hydroxylation is 1. The molecule has 0 aromatic carbocycles. The zero-order chi connectivity index (χ0) is 13.1. The minimum atomic E-state index is -3.19. The van der Waals surface area contributed by atoms with E-state index in [4.69, 9.17) is 5.11 Å². The molecular weight excluding hydrogens is 240 g/mol. The molecule has 1 atom stereocenters. The molecule has 1 rings (SSSR count). The predicted octanol–water partition coefficient (Wildman–Crippen LogP) is 1.03. The second-order valence-corrected chi connectivity index (χ2v) is 6.45. The summed E-state index contributed by atoms with van der Waals surface area (Å²) in [5.74, 6) is 0.299. The summed E-state index contributed by atoms with van der Waals surface area (Å²) in [5.41, 5.74) is 1.40. The van der Waals surface area contributed by atoms with E-state index in [2.05, 4.69) is 9.97 Å². The summed E-state index contributed by atoms with van der Waals surface area (Å²) in [5, 5.41) is 8.42. The molecule has 17 heavy (non-hydrogen) atoms. The molecule has 1 heterocycles. The van der Waals surface area contributed by atoms with Crippen molar-refractivity contribution in [3.63, 3.8) is 0 Å². The molecule has 0 fully saturated rings. The molecule has 6 heteroatoms. The van der Waals surface area contributed by atoms with Gasteiger partial charge in [0.25, 0.3) is 0 Å². The van der Waals surface area contributed by atoms with Crippen molar-refractivity contribution in [1.82, 2.24) is 9.97 Å². The molecule has 0 saturated heterocycles. The van der Waals surface area contributed by atoms with Crippen molar-refractivity contribution in [1.29, 1.82) is 0 Å². The lowest BCUT2D eigenvalue weighted by Gasteiger charge is -2.11. The molecule has 1 aromatic heterocycles. The summed E-state index contributed by atoms with van der Waals surface area (Å²) in [6.45, 7) is 3.45. The van der Waals surface area contributed by atoms with Gasteiger partial charge in [0.05, 0.1) is 6.61 Å². The number of sulfone groups is 1. The van der Waals surface area contributed by atoms with E-state index in [0.717, 1.165) is 12.1 Å². The van der Waals surface area contributed by atoms with E-state index in [9.17, 15) is 8.42 Å². The zero-order valence-electron chi connectivity index (χ0n) is 10.3. The molecule has 1 N–H and O–H groups in total. The highest BCUT2D eigenvalue weighted by Crippen LogP contribution is 2.18. The fourth-order valence-electron chi connectivity index (χ4n) is 1.43. The highest BCUT2D eigenvalue weighted by molar-refractivity contribution is 7.90. The zero-order valence-corrected chi connectivity index (χ0v) is 11.2. The smallest absolute Gasteiger partial charge is 0.157 e. The van der Waals surface area contributed by atoms with Crippen molar-refractivity contribution < 1.29 is 13.5 Å².